The molecule has 17 nitrogen and oxygen atoms in total. The van der Waals surface area contributed by atoms with Crippen molar-refractivity contribution in [2.45, 2.75) is 106 Å². The fraction of sp³-hybridized carbons (Fsp3) is 0.541. The van der Waals surface area contributed by atoms with Crippen molar-refractivity contribution in [1.82, 2.24) is 35.0 Å². The van der Waals surface area contributed by atoms with Gasteiger partial charge in [-0.25, -0.2) is 31.2 Å². The van der Waals surface area contributed by atoms with Gasteiger partial charge in [0.05, 0.1) is 53.6 Å². The molecule has 2 saturated heterocycles. The molecule has 2 amide bonds. The maximum Gasteiger partial charge on any atom is 0.314 e. The third-order valence-electron chi connectivity index (χ3n) is 16.4. The number of fused-ring (bicyclic) bond motifs is 2. The monoisotopic (exact) mass is 1200 g/mol. The predicted octanol–water partition coefficient (Wildman–Crippen LogP) is 8.58. The number of hydrogen-bond acceptors (Lipinski definition) is 13. The molecule has 82 heavy (non-hydrogen) atoms. The Morgan fingerprint density at radius 1 is 0.707 bits per heavy atom. The fourth-order valence-corrected chi connectivity index (χ4v) is 16.0. The first-order valence-electron chi connectivity index (χ1n) is 28.7. The first-order valence-corrected chi connectivity index (χ1v) is 32.6. The molecule has 2 fully saturated rings. The van der Waals surface area contributed by atoms with Crippen LogP contribution in [0.15, 0.2) is 70.5 Å². The summed E-state index contributed by atoms with van der Waals surface area (Å²) in [5, 5.41) is 16.5. The Morgan fingerprint density at radius 3 is 2.00 bits per heavy atom. The molecule has 0 saturated carbocycles. The van der Waals surface area contributed by atoms with Crippen LogP contribution in [0.1, 0.15) is 113 Å². The average molecular weight is 1200 g/mol. The number of nitrogens with one attached hydrogen (secondary N) is 3. The van der Waals surface area contributed by atoms with Gasteiger partial charge in [-0.05, 0) is 160 Å². The number of sulfone groups is 1. The maximum atomic E-state index is 13.9. The number of likely N-dealkylation sites (tertiary alicyclic amines) is 2. The summed E-state index contributed by atoms with van der Waals surface area (Å²) in [6, 6.07) is 20.3. The van der Waals surface area contributed by atoms with Crippen molar-refractivity contribution >= 4 is 60.6 Å². The second-order valence-electron chi connectivity index (χ2n) is 22.8. The molecule has 0 bridgehead atoms. The van der Waals surface area contributed by atoms with Gasteiger partial charge in [0.15, 0.2) is 15.5 Å². The minimum atomic E-state index is -3.83. The summed E-state index contributed by atoms with van der Waals surface area (Å²) < 4.78 is 70.2. The van der Waals surface area contributed by atoms with Gasteiger partial charge in [0, 0.05) is 113 Å². The number of Topliss-reactive ketones (excluding diaryl/α,β-unsaturated/α-hetero) is 1. The van der Waals surface area contributed by atoms with Gasteiger partial charge < -0.3 is 34.8 Å². The Hall–Kier alpha value is -5.00. The van der Waals surface area contributed by atoms with Crippen LogP contribution in [0.5, 0.6) is 0 Å². The summed E-state index contributed by atoms with van der Waals surface area (Å²) >= 11 is 12.9. The number of ether oxygens (including phenoxy) is 2. The zero-order valence-electron chi connectivity index (χ0n) is 47.8. The van der Waals surface area contributed by atoms with Crippen LogP contribution in [0.2, 0.25) is 10.0 Å². The average Bonchev–Trinajstić information content (AvgIpc) is 4.14. The molecule has 0 aliphatic carbocycles. The number of benzene rings is 4. The lowest BCUT2D eigenvalue weighted by molar-refractivity contribution is -0.119. The summed E-state index contributed by atoms with van der Waals surface area (Å²) in [5.41, 5.74) is 8.02. The first-order chi connectivity index (χ1) is 39.3. The number of nitrogens with zero attached hydrogens (tertiary/aromatic N) is 6. The molecule has 4 aliphatic rings. The number of carbonyl (C=O) groups excluding carboxylic acids is 2. The number of urea groups is 1. The predicted molar refractivity (Wildman–Crippen MR) is 320 cm³/mol. The quantitative estimate of drug-likeness (QED) is 0.0380. The Labute approximate surface area is 495 Å². The zero-order chi connectivity index (χ0) is 58.6. The largest absolute Gasteiger partial charge is 0.380 e. The molecule has 0 radical (unpaired) electrons. The number of unbranched alkanes of at least 4 members (excludes halogenated alkanes) is 2. The van der Waals surface area contributed by atoms with E-state index in [0.29, 0.717) is 149 Å². The number of rotatable bonds is 27. The number of hydrogen-bond donors (Lipinski definition) is 3. The molecule has 0 aromatic heterocycles. The van der Waals surface area contributed by atoms with Gasteiger partial charge in [0.1, 0.15) is 5.78 Å². The molecule has 4 aromatic rings. The molecule has 2 unspecified atom stereocenters. The number of likely N-dealkylation sites (N-methyl/N-ethyl adjacent to an activating group) is 2. The number of ketones is 1. The van der Waals surface area contributed by atoms with Gasteiger partial charge in [0.25, 0.3) is 0 Å². The van der Waals surface area contributed by atoms with E-state index in [0.717, 1.165) is 77.7 Å². The number of sulfonamides is 1. The van der Waals surface area contributed by atoms with E-state index >= 15 is 0 Å². The highest BCUT2D eigenvalue weighted by Crippen LogP contribution is 2.41. The van der Waals surface area contributed by atoms with E-state index in [1.54, 1.807) is 25.1 Å². The van der Waals surface area contributed by atoms with Crippen LogP contribution in [0.4, 0.5) is 10.5 Å². The molecule has 3 N–H and O–H groups in total. The van der Waals surface area contributed by atoms with Crippen molar-refractivity contribution in [1.29, 1.82) is 5.26 Å². The number of amides is 2. The standard InChI is InChI=1S/C61H79Cl2N9O8S2/c1-42-12-14-45(54-37-69(4)39-56-47(34-64)28-48(62)31-52(54)56)29-59(42)81(75,76)41-44-16-20-71(35-44)22-26-79-24-9-11-51(73)10-7-6-8-18-66-61(74)67-19-25-80-27-23-72-21-17-50(36-72)68-82(77,78)60-30-46(15-13-43(60)2)55-38-70(5)40-57-53(55)32-49(63)33-58(57)65-3/h12-15,28-33,44,50,54-55,68H,6-11,16-27,35-41H2,1-2,4-5H3,(H2,66,67,74)/t44-,50-,54?,55?/m0/s1. The highest BCUT2D eigenvalue weighted by Gasteiger charge is 2.34. The Balaban J connectivity index is 0.626. The van der Waals surface area contributed by atoms with Crippen LogP contribution in [-0.4, -0.2) is 166 Å². The molecule has 4 aliphatic heterocycles. The van der Waals surface area contributed by atoms with E-state index in [9.17, 15) is 31.7 Å². The summed E-state index contributed by atoms with van der Waals surface area (Å²) in [6.45, 7) is 20.7. The second kappa shape index (κ2) is 29.2. The number of aryl methyl sites for hydroxylation is 2. The molecule has 4 heterocycles. The van der Waals surface area contributed by atoms with Crippen LogP contribution >= 0.6 is 23.2 Å². The van der Waals surface area contributed by atoms with Gasteiger partial charge in [-0.3, -0.25) is 9.69 Å². The third kappa shape index (κ3) is 16.9. The normalized spacial score (nSPS) is 19.8. The first kappa shape index (κ1) is 63.0. The summed E-state index contributed by atoms with van der Waals surface area (Å²) in [4.78, 5) is 37.9. The minimum absolute atomic E-state index is 0.0151. The number of carbonyl (C=O) groups is 2. The molecular weight excluding hydrogens is 1120 g/mol. The molecule has 4 aromatic carbocycles. The van der Waals surface area contributed by atoms with Crippen LogP contribution in [-0.2, 0) is 47.2 Å². The SMILES string of the molecule is [C-]#[N+]c1cc(Cl)cc2c1CN(C)CC2c1ccc(C)c(S(=O)(=O)N[C@H]2CCN(CCOCCNC(=O)NCCCCCC(=O)CCCOCCN3CC[C@H](CS(=O)(=O)c4cc(C5CN(C)Cc6c(C#N)cc(Cl)cc65)ccc4C)C3)C2)c1. The molecule has 4 atom stereocenters. The highest BCUT2D eigenvalue weighted by atomic mass is 35.5. The minimum Gasteiger partial charge on any atom is -0.380 e. The fourth-order valence-electron chi connectivity index (χ4n) is 12.1. The van der Waals surface area contributed by atoms with Gasteiger partial charge >= 0.3 is 6.03 Å². The van der Waals surface area contributed by atoms with Gasteiger partial charge in [-0.15, -0.1) is 0 Å². The van der Waals surface area contributed by atoms with Gasteiger partial charge in [-0.1, -0.05) is 53.9 Å². The Morgan fingerprint density at radius 2 is 1.30 bits per heavy atom. The van der Waals surface area contributed by atoms with Crippen molar-refractivity contribution in [2.75, 3.05) is 112 Å². The summed E-state index contributed by atoms with van der Waals surface area (Å²) in [5.74, 6) is 0.0472. The molecule has 0 spiro atoms. The van der Waals surface area contributed by atoms with Crippen LogP contribution in [0, 0.1) is 37.7 Å². The van der Waals surface area contributed by atoms with E-state index in [2.05, 4.69) is 45.9 Å². The lowest BCUT2D eigenvalue weighted by Gasteiger charge is -2.34. The molecule has 8 rings (SSSR count). The topological polar surface area (TPSA) is 198 Å². The van der Waals surface area contributed by atoms with E-state index in [1.807, 2.05) is 63.5 Å². The van der Waals surface area contributed by atoms with Crippen molar-refractivity contribution < 1.29 is 35.9 Å². The van der Waals surface area contributed by atoms with Crippen LogP contribution in [0.3, 0.4) is 0 Å². The number of nitriles is 1. The Bertz CT molecular complexity index is 3030. The third-order valence-corrected chi connectivity index (χ3v) is 20.5. The zero-order valence-corrected chi connectivity index (χ0v) is 50.9. The number of halogens is 2. The smallest absolute Gasteiger partial charge is 0.314 e. The maximum absolute atomic E-state index is 13.9. The van der Waals surface area contributed by atoms with Crippen molar-refractivity contribution in [2.24, 2.45) is 5.92 Å². The van der Waals surface area contributed by atoms with Crippen LogP contribution in [0.25, 0.3) is 4.85 Å². The van der Waals surface area contributed by atoms with Crippen molar-refractivity contribution in [3.8, 4) is 6.07 Å². The lowest BCUT2D eigenvalue weighted by Crippen LogP contribution is -2.38. The van der Waals surface area contributed by atoms with Crippen molar-refractivity contribution in [3.05, 3.63) is 132 Å². The summed E-state index contributed by atoms with van der Waals surface area (Å²) in [7, 11) is -3.40. The van der Waals surface area contributed by atoms with E-state index in [-0.39, 0.29) is 46.3 Å². The molecule has 21 heteroatoms. The molecule has 442 valence electrons. The highest BCUT2D eigenvalue weighted by molar-refractivity contribution is 7.91. The van der Waals surface area contributed by atoms with Crippen molar-refractivity contribution in [3.63, 3.8) is 0 Å². The van der Waals surface area contributed by atoms with Gasteiger partial charge in [0.2, 0.25) is 10.0 Å². The Kier molecular flexibility index (Phi) is 22.4. The molecular formula is C61H79Cl2N9O8S2. The second-order valence-corrected chi connectivity index (χ2v) is 27.3. The van der Waals surface area contributed by atoms with E-state index in [4.69, 9.17) is 39.2 Å². The van der Waals surface area contributed by atoms with E-state index in [1.165, 1.54) is 0 Å². The van der Waals surface area contributed by atoms with Crippen LogP contribution < -0.4 is 15.4 Å². The van der Waals surface area contributed by atoms with Gasteiger partial charge in [-0.2, -0.15) is 5.26 Å². The summed E-state index contributed by atoms with van der Waals surface area (Å²) in [6.07, 6.45) is 5.43. The van der Waals surface area contributed by atoms with E-state index < -0.39 is 19.9 Å². The lowest BCUT2D eigenvalue weighted by atomic mass is 9.83.